The van der Waals surface area contributed by atoms with Crippen molar-refractivity contribution in [2.75, 3.05) is 4.90 Å². The zero-order valence-corrected chi connectivity index (χ0v) is 29.3. The van der Waals surface area contributed by atoms with Crippen LogP contribution >= 0.6 is 0 Å². The number of fused-ring (bicyclic) bond motifs is 1. The molecule has 0 bridgehead atoms. The molecule has 0 fully saturated rings. The highest BCUT2D eigenvalue weighted by atomic mass is 15.1. The monoisotopic (exact) mass is 675 g/mol. The van der Waals surface area contributed by atoms with Crippen molar-refractivity contribution in [1.29, 1.82) is 0 Å². The Morgan fingerprint density at radius 1 is 0.226 bits per heavy atom. The minimum atomic E-state index is 1.10. The maximum Gasteiger partial charge on any atom is 0.0467 e. The third-order valence-corrected chi connectivity index (χ3v) is 10.0. The molecule has 0 unspecified atom stereocenters. The van der Waals surface area contributed by atoms with Crippen molar-refractivity contribution >= 4 is 27.8 Å². The van der Waals surface area contributed by atoms with Gasteiger partial charge >= 0.3 is 0 Å². The number of para-hydroxylation sites is 1. The quantitative estimate of drug-likeness (QED) is 0.155. The smallest absolute Gasteiger partial charge is 0.0467 e. The Kier molecular flexibility index (Phi) is 8.66. The minimum Gasteiger partial charge on any atom is -0.310 e. The number of rotatable bonds is 8. The van der Waals surface area contributed by atoms with Crippen LogP contribution in [0.25, 0.3) is 66.4 Å². The number of hydrogen-bond donors (Lipinski definition) is 0. The molecule has 250 valence electrons. The Hall–Kier alpha value is -6.96. The number of nitrogens with zero attached hydrogens (tertiary/aromatic N) is 1. The second-order valence-corrected chi connectivity index (χ2v) is 13.4. The van der Waals surface area contributed by atoms with Gasteiger partial charge in [-0.15, -0.1) is 0 Å². The second-order valence-electron chi connectivity index (χ2n) is 13.4. The second kappa shape index (κ2) is 14.3. The largest absolute Gasteiger partial charge is 0.310 e. The van der Waals surface area contributed by atoms with Gasteiger partial charge in [-0.3, -0.25) is 0 Å². The van der Waals surface area contributed by atoms with Gasteiger partial charge in [-0.05, 0) is 127 Å². The van der Waals surface area contributed by atoms with Crippen LogP contribution in [0.2, 0.25) is 0 Å². The molecule has 0 aliphatic rings. The first kappa shape index (κ1) is 32.0. The van der Waals surface area contributed by atoms with Crippen molar-refractivity contribution in [2.45, 2.75) is 0 Å². The third kappa shape index (κ3) is 6.65. The standard InChI is InChI=1S/C52H37N/c1-4-15-38(16-5-1)45-34-46(39-17-6-2-7-18-39)36-47(35-45)40-29-31-49(32-30-40)53(48-24-8-3-9-25-48)50-26-13-22-43(37-50)42-21-12-23-44(33-42)52-28-14-20-41-19-10-11-27-51(41)52/h1-37H. The molecule has 9 aromatic carbocycles. The Balaban J connectivity index is 1.09. The lowest BCUT2D eigenvalue weighted by Gasteiger charge is -2.26. The van der Waals surface area contributed by atoms with Crippen molar-refractivity contribution in [3.05, 3.63) is 224 Å². The van der Waals surface area contributed by atoms with E-state index in [9.17, 15) is 0 Å². The lowest BCUT2D eigenvalue weighted by molar-refractivity contribution is 1.28. The van der Waals surface area contributed by atoms with Crippen LogP contribution in [0.3, 0.4) is 0 Å². The topological polar surface area (TPSA) is 3.24 Å². The van der Waals surface area contributed by atoms with Crippen LogP contribution in [-0.4, -0.2) is 0 Å². The molecule has 1 nitrogen and oxygen atoms in total. The van der Waals surface area contributed by atoms with Crippen LogP contribution in [0, 0.1) is 0 Å². The van der Waals surface area contributed by atoms with Crippen molar-refractivity contribution in [3.63, 3.8) is 0 Å². The van der Waals surface area contributed by atoms with E-state index >= 15 is 0 Å². The van der Waals surface area contributed by atoms with E-state index in [1.54, 1.807) is 0 Å². The molecule has 0 aromatic heterocycles. The van der Waals surface area contributed by atoms with Crippen LogP contribution in [0.5, 0.6) is 0 Å². The van der Waals surface area contributed by atoms with E-state index < -0.39 is 0 Å². The van der Waals surface area contributed by atoms with E-state index in [1.807, 2.05) is 0 Å². The average Bonchev–Trinajstić information content (AvgIpc) is 3.25. The fourth-order valence-electron chi connectivity index (χ4n) is 7.38. The van der Waals surface area contributed by atoms with Crippen LogP contribution < -0.4 is 4.90 Å². The van der Waals surface area contributed by atoms with E-state index in [0.717, 1.165) is 17.1 Å². The summed E-state index contributed by atoms with van der Waals surface area (Å²) in [5, 5.41) is 2.52. The van der Waals surface area contributed by atoms with Gasteiger partial charge in [0, 0.05) is 17.1 Å². The van der Waals surface area contributed by atoms with Crippen molar-refractivity contribution in [2.24, 2.45) is 0 Å². The molecule has 53 heavy (non-hydrogen) atoms. The molecule has 0 aliphatic heterocycles. The van der Waals surface area contributed by atoms with E-state index in [1.165, 1.54) is 66.4 Å². The summed E-state index contributed by atoms with van der Waals surface area (Å²) in [4.78, 5) is 2.34. The van der Waals surface area contributed by atoms with Crippen LogP contribution in [-0.2, 0) is 0 Å². The molecule has 0 spiro atoms. The van der Waals surface area contributed by atoms with Gasteiger partial charge in [-0.25, -0.2) is 0 Å². The van der Waals surface area contributed by atoms with Gasteiger partial charge in [0.2, 0.25) is 0 Å². The van der Waals surface area contributed by atoms with Gasteiger partial charge in [-0.2, -0.15) is 0 Å². The first-order chi connectivity index (χ1) is 26.3. The van der Waals surface area contributed by atoms with Crippen LogP contribution in [0.15, 0.2) is 224 Å². The van der Waals surface area contributed by atoms with E-state index in [2.05, 4.69) is 229 Å². The van der Waals surface area contributed by atoms with Gasteiger partial charge in [0.25, 0.3) is 0 Å². The summed E-state index contributed by atoms with van der Waals surface area (Å²) in [5.41, 5.74) is 15.3. The minimum absolute atomic E-state index is 1.10. The molecular formula is C52H37N. The lowest BCUT2D eigenvalue weighted by Crippen LogP contribution is -2.09. The SMILES string of the molecule is c1ccc(-c2cc(-c3ccccc3)cc(-c3ccc(N(c4ccccc4)c4cccc(-c5cccc(-c6cccc7ccccc67)c5)c4)cc3)c2)cc1. The average molecular weight is 676 g/mol. The molecule has 9 aromatic rings. The van der Waals surface area contributed by atoms with Crippen molar-refractivity contribution < 1.29 is 0 Å². The molecule has 0 heterocycles. The fraction of sp³-hybridized carbons (Fsp3) is 0. The maximum atomic E-state index is 2.34. The molecule has 0 atom stereocenters. The molecule has 0 saturated carbocycles. The first-order valence-corrected chi connectivity index (χ1v) is 18.2. The van der Waals surface area contributed by atoms with Gasteiger partial charge in [0.1, 0.15) is 0 Å². The Bertz CT molecular complexity index is 2580. The molecule has 0 saturated heterocycles. The Morgan fingerprint density at radius 2 is 0.642 bits per heavy atom. The predicted molar refractivity (Wildman–Crippen MR) is 226 cm³/mol. The Morgan fingerprint density at radius 3 is 1.30 bits per heavy atom. The molecule has 0 amide bonds. The summed E-state index contributed by atoms with van der Waals surface area (Å²) in [5.74, 6) is 0. The molecule has 0 N–H and O–H groups in total. The summed E-state index contributed by atoms with van der Waals surface area (Å²) in [6.45, 7) is 0. The first-order valence-electron chi connectivity index (χ1n) is 18.2. The van der Waals surface area contributed by atoms with Crippen molar-refractivity contribution in [3.8, 4) is 55.6 Å². The Labute approximate surface area is 311 Å². The third-order valence-electron chi connectivity index (χ3n) is 10.0. The maximum absolute atomic E-state index is 2.34. The highest BCUT2D eigenvalue weighted by Crippen LogP contribution is 2.39. The molecule has 1 heteroatoms. The van der Waals surface area contributed by atoms with Gasteiger partial charge in [0.15, 0.2) is 0 Å². The zero-order valence-electron chi connectivity index (χ0n) is 29.3. The van der Waals surface area contributed by atoms with E-state index in [0.29, 0.717) is 0 Å². The zero-order chi connectivity index (χ0) is 35.4. The van der Waals surface area contributed by atoms with Gasteiger partial charge in [0.05, 0.1) is 0 Å². The van der Waals surface area contributed by atoms with Crippen LogP contribution in [0.4, 0.5) is 17.1 Å². The number of hydrogen-bond acceptors (Lipinski definition) is 1. The summed E-state index contributed by atoms with van der Waals surface area (Å²) < 4.78 is 0. The highest BCUT2D eigenvalue weighted by Gasteiger charge is 2.15. The summed E-state index contributed by atoms with van der Waals surface area (Å²) in [6.07, 6.45) is 0. The lowest BCUT2D eigenvalue weighted by atomic mass is 9.93. The highest BCUT2D eigenvalue weighted by molar-refractivity contribution is 5.97. The number of benzene rings is 9. The number of anilines is 3. The molecule has 0 aliphatic carbocycles. The summed E-state index contributed by atoms with van der Waals surface area (Å²) >= 11 is 0. The predicted octanol–water partition coefficient (Wildman–Crippen LogP) is 14.6. The van der Waals surface area contributed by atoms with E-state index in [4.69, 9.17) is 0 Å². The summed E-state index contributed by atoms with van der Waals surface area (Å²) in [6, 6.07) is 80.8. The fourth-order valence-corrected chi connectivity index (χ4v) is 7.38. The van der Waals surface area contributed by atoms with Crippen molar-refractivity contribution in [1.82, 2.24) is 0 Å². The molecule has 9 rings (SSSR count). The summed E-state index contributed by atoms with van der Waals surface area (Å²) in [7, 11) is 0. The normalized spacial score (nSPS) is 11.0. The molecule has 0 radical (unpaired) electrons. The van der Waals surface area contributed by atoms with Gasteiger partial charge < -0.3 is 4.90 Å². The van der Waals surface area contributed by atoms with Crippen LogP contribution in [0.1, 0.15) is 0 Å². The van der Waals surface area contributed by atoms with Gasteiger partial charge in [-0.1, -0.05) is 164 Å². The van der Waals surface area contributed by atoms with E-state index in [-0.39, 0.29) is 0 Å². The molecular weight excluding hydrogens is 639 g/mol.